The van der Waals surface area contributed by atoms with Gasteiger partial charge in [-0.25, -0.2) is 4.79 Å². The topological polar surface area (TPSA) is 54.9 Å². The third-order valence-electron chi connectivity index (χ3n) is 2.37. The summed E-state index contributed by atoms with van der Waals surface area (Å²) in [6.45, 7) is 2.01. The molecule has 0 aliphatic heterocycles. The maximum atomic E-state index is 11.9. The molecule has 0 aliphatic carbocycles. The molecule has 1 aromatic heterocycles. The second kappa shape index (κ2) is 3.83. The summed E-state index contributed by atoms with van der Waals surface area (Å²) in [5, 5.41) is 0.538. The Kier molecular flexibility index (Phi) is 2.64. The number of fused-ring (bicyclic) bond motifs is 1. The van der Waals surface area contributed by atoms with Gasteiger partial charge in [0.05, 0.1) is 15.9 Å². The monoisotopic (exact) mass is 234 g/mol. The van der Waals surface area contributed by atoms with Gasteiger partial charge in [-0.3, -0.25) is 9.36 Å². The molecule has 0 bridgehead atoms. The number of benzene rings is 1. The molecule has 0 fully saturated rings. The SMILES string of the molecule is [B]c1cc(Cl)c2c(=O)n(CC)c(=O)[nH]c2c1. The van der Waals surface area contributed by atoms with Crippen LogP contribution in [0.5, 0.6) is 0 Å². The molecule has 0 saturated carbocycles. The van der Waals surface area contributed by atoms with Gasteiger partial charge in [0.1, 0.15) is 7.85 Å². The zero-order chi connectivity index (χ0) is 11.9. The van der Waals surface area contributed by atoms with Crippen LogP contribution in [0.2, 0.25) is 5.02 Å². The highest BCUT2D eigenvalue weighted by molar-refractivity contribution is 6.39. The molecule has 0 spiro atoms. The van der Waals surface area contributed by atoms with E-state index in [4.69, 9.17) is 19.4 Å². The van der Waals surface area contributed by atoms with Gasteiger partial charge < -0.3 is 4.98 Å². The first-order valence-corrected chi connectivity index (χ1v) is 5.14. The lowest BCUT2D eigenvalue weighted by atomic mass is 9.95. The lowest BCUT2D eigenvalue weighted by Gasteiger charge is -2.05. The summed E-state index contributed by atoms with van der Waals surface area (Å²) < 4.78 is 1.09. The van der Waals surface area contributed by atoms with E-state index < -0.39 is 11.2 Å². The predicted molar refractivity (Wildman–Crippen MR) is 64.9 cm³/mol. The summed E-state index contributed by atoms with van der Waals surface area (Å²) in [5.41, 5.74) is -0.0839. The average molecular weight is 234 g/mol. The fourth-order valence-corrected chi connectivity index (χ4v) is 1.95. The molecule has 2 rings (SSSR count). The molecule has 0 aliphatic rings. The first-order valence-electron chi connectivity index (χ1n) is 4.76. The Morgan fingerprint density at radius 1 is 1.44 bits per heavy atom. The summed E-state index contributed by atoms with van der Waals surface area (Å²) in [7, 11) is 5.58. The molecular formula is C10H8BClN2O2. The van der Waals surface area contributed by atoms with Crippen molar-refractivity contribution >= 4 is 35.8 Å². The lowest BCUT2D eigenvalue weighted by Crippen LogP contribution is -2.34. The summed E-state index contributed by atoms with van der Waals surface area (Å²) >= 11 is 5.93. The fourth-order valence-electron chi connectivity index (χ4n) is 1.64. The summed E-state index contributed by atoms with van der Waals surface area (Å²) in [5.74, 6) is 0. The second-order valence-corrected chi connectivity index (χ2v) is 3.81. The minimum absolute atomic E-state index is 0.249. The maximum Gasteiger partial charge on any atom is 0.328 e. The third kappa shape index (κ3) is 1.57. The van der Waals surface area contributed by atoms with Gasteiger partial charge >= 0.3 is 5.69 Å². The maximum absolute atomic E-state index is 11.9. The lowest BCUT2D eigenvalue weighted by molar-refractivity contribution is 0.684. The molecule has 0 unspecified atom stereocenters. The fraction of sp³-hybridized carbons (Fsp3) is 0.200. The number of aromatic amines is 1. The number of nitrogens with one attached hydrogen (secondary N) is 1. The molecule has 0 atom stereocenters. The van der Waals surface area contributed by atoms with Gasteiger partial charge in [-0.05, 0) is 19.1 Å². The van der Waals surface area contributed by atoms with Gasteiger partial charge in [0, 0.05) is 6.54 Å². The van der Waals surface area contributed by atoms with Crippen molar-refractivity contribution in [2.75, 3.05) is 0 Å². The molecule has 0 saturated heterocycles. The van der Waals surface area contributed by atoms with Crippen LogP contribution in [0.1, 0.15) is 6.92 Å². The van der Waals surface area contributed by atoms with E-state index in [0.29, 0.717) is 17.5 Å². The standard InChI is InChI=1S/C10H8BClN2O2/c1-2-14-9(15)8-6(12)3-5(11)4-7(8)13-10(14)16/h3-4H,2H2,1H3,(H,13,16). The van der Waals surface area contributed by atoms with Crippen LogP contribution in [0, 0.1) is 0 Å². The Labute approximate surface area is 97.3 Å². The molecule has 80 valence electrons. The Morgan fingerprint density at radius 3 is 2.75 bits per heavy atom. The highest BCUT2D eigenvalue weighted by Gasteiger charge is 2.09. The third-order valence-corrected chi connectivity index (χ3v) is 2.67. The molecule has 1 N–H and O–H groups in total. The summed E-state index contributed by atoms with van der Waals surface area (Å²) in [6, 6.07) is 3.01. The number of aromatic nitrogens is 2. The van der Waals surface area contributed by atoms with Crippen molar-refractivity contribution in [1.82, 2.24) is 9.55 Å². The predicted octanol–water partition coefficient (Wildman–Crippen LogP) is 0.157. The first kappa shape index (κ1) is 11.0. The van der Waals surface area contributed by atoms with Crippen LogP contribution in [-0.2, 0) is 6.54 Å². The largest absolute Gasteiger partial charge is 0.328 e. The van der Waals surface area contributed by atoms with Crippen molar-refractivity contribution in [3.63, 3.8) is 0 Å². The van der Waals surface area contributed by atoms with E-state index in [2.05, 4.69) is 4.98 Å². The van der Waals surface area contributed by atoms with Crippen LogP contribution in [0.25, 0.3) is 10.9 Å². The summed E-state index contributed by atoms with van der Waals surface area (Å²) in [4.78, 5) is 26.0. The van der Waals surface area contributed by atoms with Crippen molar-refractivity contribution in [1.29, 1.82) is 0 Å². The number of halogens is 1. The van der Waals surface area contributed by atoms with Crippen molar-refractivity contribution in [2.45, 2.75) is 13.5 Å². The van der Waals surface area contributed by atoms with Crippen LogP contribution in [-0.4, -0.2) is 17.4 Å². The van der Waals surface area contributed by atoms with Crippen molar-refractivity contribution in [2.24, 2.45) is 0 Å². The Bertz CT molecular complexity index is 675. The van der Waals surface area contributed by atoms with Gasteiger partial charge in [0.2, 0.25) is 0 Å². The summed E-state index contributed by atoms with van der Waals surface area (Å²) in [6.07, 6.45) is 0. The van der Waals surface area contributed by atoms with E-state index in [-0.39, 0.29) is 10.4 Å². The van der Waals surface area contributed by atoms with E-state index in [9.17, 15) is 9.59 Å². The molecule has 16 heavy (non-hydrogen) atoms. The number of hydrogen-bond donors (Lipinski definition) is 1. The van der Waals surface area contributed by atoms with Crippen LogP contribution >= 0.6 is 11.6 Å². The van der Waals surface area contributed by atoms with Crippen molar-refractivity contribution in [3.05, 3.63) is 38.0 Å². The molecule has 1 aromatic carbocycles. The number of hydrogen-bond acceptors (Lipinski definition) is 2. The van der Waals surface area contributed by atoms with E-state index in [1.165, 1.54) is 12.1 Å². The average Bonchev–Trinajstić information content (AvgIpc) is 2.15. The zero-order valence-electron chi connectivity index (χ0n) is 8.58. The van der Waals surface area contributed by atoms with Gasteiger partial charge in [0.15, 0.2) is 0 Å². The smallest absolute Gasteiger partial charge is 0.307 e. The van der Waals surface area contributed by atoms with E-state index in [1.54, 1.807) is 6.92 Å². The molecule has 0 amide bonds. The van der Waals surface area contributed by atoms with Gasteiger partial charge in [0.25, 0.3) is 5.56 Å². The van der Waals surface area contributed by atoms with E-state index in [0.717, 1.165) is 4.57 Å². The van der Waals surface area contributed by atoms with Gasteiger partial charge in [-0.1, -0.05) is 17.1 Å². The molecular weight excluding hydrogens is 226 g/mol. The quantitative estimate of drug-likeness (QED) is 0.715. The molecule has 2 aromatic rings. The second-order valence-electron chi connectivity index (χ2n) is 3.40. The minimum Gasteiger partial charge on any atom is -0.307 e. The molecule has 6 heteroatoms. The molecule has 2 radical (unpaired) electrons. The Balaban J connectivity index is 3.06. The zero-order valence-corrected chi connectivity index (χ0v) is 9.34. The van der Waals surface area contributed by atoms with Crippen LogP contribution in [0.3, 0.4) is 0 Å². The van der Waals surface area contributed by atoms with Crippen LogP contribution < -0.4 is 16.7 Å². The highest BCUT2D eigenvalue weighted by atomic mass is 35.5. The van der Waals surface area contributed by atoms with E-state index >= 15 is 0 Å². The molecule has 1 heterocycles. The molecule has 4 nitrogen and oxygen atoms in total. The Hall–Kier alpha value is -1.49. The number of nitrogens with zero attached hydrogens (tertiary/aromatic N) is 1. The highest BCUT2D eigenvalue weighted by Crippen LogP contribution is 2.15. The van der Waals surface area contributed by atoms with Crippen LogP contribution in [0.15, 0.2) is 21.7 Å². The first-order chi connectivity index (χ1) is 7.54. The van der Waals surface area contributed by atoms with E-state index in [1.807, 2.05) is 0 Å². The Morgan fingerprint density at radius 2 is 2.12 bits per heavy atom. The van der Waals surface area contributed by atoms with Crippen molar-refractivity contribution < 1.29 is 0 Å². The van der Waals surface area contributed by atoms with Crippen molar-refractivity contribution in [3.8, 4) is 0 Å². The van der Waals surface area contributed by atoms with Gasteiger partial charge in [-0.15, -0.1) is 0 Å². The van der Waals surface area contributed by atoms with Gasteiger partial charge in [-0.2, -0.15) is 0 Å². The number of H-pyrrole nitrogens is 1. The normalized spacial score (nSPS) is 10.9. The number of rotatable bonds is 1. The van der Waals surface area contributed by atoms with Crippen LogP contribution in [0.4, 0.5) is 0 Å². The minimum atomic E-state index is -0.457.